The standard InChI is InChI=1S/C23H26FNO6S/c1-12(2)30-13-6-8-14(9-7-13)32-18-10-25(16-5-3-4-15(24)19(16)18)23-22(29)21(28)20(27)17(11-26)31-23/h3-10,12,17,20-23,26-29H,11H2,1-2H3/t17-,20-,21+,22-,23-/m1/s1. The van der Waals surface area contributed by atoms with Crippen molar-refractivity contribution in [3.8, 4) is 5.75 Å². The van der Waals surface area contributed by atoms with Crippen molar-refractivity contribution in [3.63, 3.8) is 0 Å². The zero-order valence-corrected chi connectivity index (χ0v) is 18.4. The van der Waals surface area contributed by atoms with Crippen LogP contribution in [-0.2, 0) is 4.74 Å². The molecule has 4 N–H and O–H groups in total. The van der Waals surface area contributed by atoms with E-state index in [1.165, 1.54) is 22.4 Å². The summed E-state index contributed by atoms with van der Waals surface area (Å²) in [6.45, 7) is 3.35. The first-order valence-electron chi connectivity index (χ1n) is 10.3. The molecule has 1 saturated heterocycles. The van der Waals surface area contributed by atoms with Crippen molar-refractivity contribution in [1.29, 1.82) is 0 Å². The molecule has 1 aliphatic rings. The molecule has 4 rings (SSSR count). The second-order valence-corrected chi connectivity index (χ2v) is 9.11. The number of rotatable bonds is 6. The van der Waals surface area contributed by atoms with Crippen molar-refractivity contribution >= 4 is 22.7 Å². The molecule has 0 bridgehead atoms. The maximum atomic E-state index is 14.8. The Morgan fingerprint density at radius 1 is 1.06 bits per heavy atom. The molecule has 5 atom stereocenters. The molecule has 0 radical (unpaired) electrons. The van der Waals surface area contributed by atoms with Crippen LogP contribution in [0.3, 0.4) is 0 Å². The van der Waals surface area contributed by atoms with Crippen LogP contribution in [0.5, 0.6) is 5.75 Å². The van der Waals surface area contributed by atoms with Gasteiger partial charge < -0.3 is 34.5 Å². The van der Waals surface area contributed by atoms with Crippen molar-refractivity contribution in [2.24, 2.45) is 0 Å². The molecular weight excluding hydrogens is 437 g/mol. The lowest BCUT2D eigenvalue weighted by Gasteiger charge is -2.40. The minimum atomic E-state index is -1.53. The van der Waals surface area contributed by atoms with Gasteiger partial charge in [-0.3, -0.25) is 0 Å². The highest BCUT2D eigenvalue weighted by atomic mass is 32.2. The van der Waals surface area contributed by atoms with E-state index in [9.17, 15) is 24.8 Å². The van der Waals surface area contributed by atoms with Gasteiger partial charge in [0.2, 0.25) is 0 Å². The number of hydrogen-bond donors (Lipinski definition) is 4. The molecule has 0 aliphatic carbocycles. The van der Waals surface area contributed by atoms with Crippen LogP contribution in [0.25, 0.3) is 10.9 Å². The summed E-state index contributed by atoms with van der Waals surface area (Å²) < 4.78 is 27.7. The summed E-state index contributed by atoms with van der Waals surface area (Å²) in [4.78, 5) is 1.45. The fourth-order valence-corrected chi connectivity index (χ4v) is 4.81. The number of ether oxygens (including phenoxy) is 2. The highest BCUT2D eigenvalue weighted by Crippen LogP contribution is 2.40. The number of halogens is 1. The van der Waals surface area contributed by atoms with E-state index in [0.717, 1.165) is 10.6 Å². The molecule has 9 heteroatoms. The van der Waals surface area contributed by atoms with Gasteiger partial charge in [0.25, 0.3) is 0 Å². The second-order valence-electron chi connectivity index (χ2n) is 7.99. The Morgan fingerprint density at radius 2 is 1.78 bits per heavy atom. The second kappa shape index (κ2) is 9.38. The average Bonchev–Trinajstić information content (AvgIpc) is 3.13. The van der Waals surface area contributed by atoms with Gasteiger partial charge in [0.15, 0.2) is 6.23 Å². The molecule has 172 valence electrons. The van der Waals surface area contributed by atoms with E-state index in [0.29, 0.717) is 15.8 Å². The van der Waals surface area contributed by atoms with Crippen molar-refractivity contribution < 1.29 is 34.3 Å². The first-order valence-corrected chi connectivity index (χ1v) is 11.2. The van der Waals surface area contributed by atoms with Crippen molar-refractivity contribution in [2.75, 3.05) is 6.61 Å². The predicted molar refractivity (Wildman–Crippen MR) is 117 cm³/mol. The molecule has 7 nitrogen and oxygen atoms in total. The van der Waals surface area contributed by atoms with Gasteiger partial charge in [0.05, 0.1) is 18.2 Å². The molecule has 0 amide bonds. The summed E-state index contributed by atoms with van der Waals surface area (Å²) in [7, 11) is 0. The topological polar surface area (TPSA) is 104 Å². The normalized spacial score (nSPS) is 26.1. The third-order valence-corrected chi connectivity index (χ3v) is 6.37. The number of aliphatic hydroxyl groups excluding tert-OH is 4. The van der Waals surface area contributed by atoms with Crippen LogP contribution < -0.4 is 4.74 Å². The molecule has 1 fully saturated rings. The van der Waals surface area contributed by atoms with Crippen LogP contribution >= 0.6 is 11.8 Å². The minimum Gasteiger partial charge on any atom is -0.491 e. The molecular formula is C23H26FNO6S. The number of hydrogen-bond acceptors (Lipinski definition) is 7. The highest BCUT2D eigenvalue weighted by molar-refractivity contribution is 7.99. The summed E-state index contributed by atoms with van der Waals surface area (Å²) in [6.07, 6.45) is -4.95. The Labute approximate surface area is 189 Å². The maximum Gasteiger partial charge on any atom is 0.163 e. The van der Waals surface area contributed by atoms with Gasteiger partial charge in [0.1, 0.15) is 36.0 Å². The van der Waals surface area contributed by atoms with Gasteiger partial charge >= 0.3 is 0 Å². The summed E-state index contributed by atoms with van der Waals surface area (Å²) >= 11 is 1.34. The van der Waals surface area contributed by atoms with Crippen molar-refractivity contribution in [2.45, 2.75) is 60.4 Å². The smallest absolute Gasteiger partial charge is 0.163 e. The fourth-order valence-electron chi connectivity index (χ4n) is 3.82. The monoisotopic (exact) mass is 463 g/mol. The third kappa shape index (κ3) is 4.36. The number of aliphatic hydroxyl groups is 4. The SMILES string of the molecule is CC(C)Oc1ccc(Sc2cn([C@@H]3O[C@H](CO)[C@@H](O)[C@H](O)[C@H]3O)c3cccc(F)c23)cc1. The van der Waals surface area contributed by atoms with Gasteiger partial charge in [-0.2, -0.15) is 0 Å². The Balaban J connectivity index is 1.71. The Kier molecular flexibility index (Phi) is 6.75. The molecule has 0 saturated carbocycles. The largest absolute Gasteiger partial charge is 0.491 e. The average molecular weight is 464 g/mol. The summed E-state index contributed by atoms with van der Waals surface area (Å²) in [5, 5.41) is 40.7. The number of benzene rings is 2. The Morgan fingerprint density at radius 3 is 2.44 bits per heavy atom. The van der Waals surface area contributed by atoms with E-state index in [4.69, 9.17) is 9.47 Å². The number of nitrogens with zero attached hydrogens (tertiary/aromatic N) is 1. The third-order valence-electron chi connectivity index (χ3n) is 5.34. The molecule has 1 aromatic heterocycles. The van der Waals surface area contributed by atoms with E-state index in [2.05, 4.69) is 0 Å². The molecule has 2 aromatic carbocycles. The van der Waals surface area contributed by atoms with Crippen LogP contribution in [-0.4, -0.2) is 62.1 Å². The number of fused-ring (bicyclic) bond motifs is 1. The number of aromatic nitrogens is 1. The van der Waals surface area contributed by atoms with E-state index in [1.54, 1.807) is 18.3 Å². The van der Waals surface area contributed by atoms with E-state index < -0.39 is 43.1 Å². The van der Waals surface area contributed by atoms with E-state index in [-0.39, 0.29) is 6.10 Å². The van der Waals surface area contributed by atoms with E-state index in [1.807, 2.05) is 38.1 Å². The van der Waals surface area contributed by atoms with Crippen LogP contribution in [0, 0.1) is 5.82 Å². The molecule has 32 heavy (non-hydrogen) atoms. The molecule has 0 spiro atoms. The summed E-state index contributed by atoms with van der Waals surface area (Å²) in [5.74, 6) is 0.298. The minimum absolute atomic E-state index is 0.0547. The van der Waals surface area contributed by atoms with Crippen LogP contribution in [0.15, 0.2) is 58.5 Å². The van der Waals surface area contributed by atoms with Crippen LogP contribution in [0.2, 0.25) is 0 Å². The van der Waals surface area contributed by atoms with Crippen molar-refractivity contribution in [3.05, 3.63) is 54.5 Å². The predicted octanol–water partition coefficient (Wildman–Crippen LogP) is 2.69. The molecule has 3 aromatic rings. The Hall–Kier alpha value is -2.14. The molecule has 1 aliphatic heterocycles. The first kappa shape index (κ1) is 23.0. The van der Waals surface area contributed by atoms with Gasteiger partial charge in [-0.05, 0) is 50.2 Å². The van der Waals surface area contributed by atoms with Gasteiger partial charge in [0, 0.05) is 21.4 Å². The van der Waals surface area contributed by atoms with Crippen LogP contribution in [0.4, 0.5) is 4.39 Å². The summed E-state index contributed by atoms with van der Waals surface area (Å²) in [5.41, 5.74) is 0.455. The lowest BCUT2D eigenvalue weighted by Crippen LogP contribution is -2.56. The summed E-state index contributed by atoms with van der Waals surface area (Å²) in [6, 6.07) is 12.0. The zero-order valence-electron chi connectivity index (χ0n) is 17.6. The van der Waals surface area contributed by atoms with Crippen molar-refractivity contribution in [1.82, 2.24) is 4.57 Å². The highest BCUT2D eigenvalue weighted by Gasteiger charge is 2.44. The quantitative estimate of drug-likeness (QED) is 0.446. The maximum absolute atomic E-state index is 14.8. The van der Waals surface area contributed by atoms with Crippen LogP contribution in [0.1, 0.15) is 20.1 Å². The fraction of sp³-hybridized carbons (Fsp3) is 0.391. The van der Waals surface area contributed by atoms with Gasteiger partial charge in [-0.15, -0.1) is 0 Å². The molecule has 0 unspecified atom stereocenters. The van der Waals surface area contributed by atoms with Gasteiger partial charge in [-0.1, -0.05) is 17.8 Å². The lowest BCUT2D eigenvalue weighted by molar-refractivity contribution is -0.250. The zero-order chi connectivity index (χ0) is 23.0. The molecule has 2 heterocycles. The first-order chi connectivity index (χ1) is 15.3. The lowest BCUT2D eigenvalue weighted by atomic mass is 9.98. The van der Waals surface area contributed by atoms with Gasteiger partial charge in [-0.25, -0.2) is 4.39 Å². The van der Waals surface area contributed by atoms with E-state index >= 15 is 0 Å². The Bertz CT molecular complexity index is 1070.